The van der Waals surface area contributed by atoms with E-state index in [0.29, 0.717) is 15.6 Å². The predicted octanol–water partition coefficient (Wildman–Crippen LogP) is 2.81. The van der Waals surface area contributed by atoms with Crippen LogP contribution in [0.1, 0.15) is 6.92 Å². The van der Waals surface area contributed by atoms with Gasteiger partial charge in [0.15, 0.2) is 0 Å². The second kappa shape index (κ2) is 5.35. The summed E-state index contributed by atoms with van der Waals surface area (Å²) in [5.74, 6) is 0. The molecule has 0 rings (SSSR count). The van der Waals surface area contributed by atoms with Crippen molar-refractivity contribution in [3.63, 3.8) is 0 Å². The molecule has 0 aliphatic heterocycles. The Hall–Kier alpha value is -1.32. The second-order valence-electron chi connectivity index (χ2n) is 1.98. The molecule has 0 bridgehead atoms. The molecule has 0 amide bonds. The third kappa shape index (κ3) is 2.74. The van der Waals surface area contributed by atoms with Crippen molar-refractivity contribution in [2.45, 2.75) is 6.92 Å². The summed E-state index contributed by atoms with van der Waals surface area (Å²) in [6.07, 6.45) is 3.05. The van der Waals surface area contributed by atoms with E-state index in [2.05, 4.69) is 22.5 Å². The lowest BCUT2D eigenvalue weighted by Gasteiger charge is -1.94. The molecular formula is C9H7BrN2. The van der Waals surface area contributed by atoms with Crippen molar-refractivity contribution in [2.75, 3.05) is 0 Å². The molecule has 2 nitrogen and oxygen atoms in total. The van der Waals surface area contributed by atoms with Gasteiger partial charge in [0, 0.05) is 10.1 Å². The number of hydrogen-bond acceptors (Lipinski definition) is 2. The van der Waals surface area contributed by atoms with E-state index in [4.69, 9.17) is 10.5 Å². The van der Waals surface area contributed by atoms with Crippen LogP contribution in [0.25, 0.3) is 0 Å². The maximum absolute atomic E-state index is 8.63. The highest BCUT2D eigenvalue weighted by Crippen LogP contribution is 2.20. The zero-order chi connectivity index (χ0) is 9.56. The van der Waals surface area contributed by atoms with E-state index >= 15 is 0 Å². The lowest BCUT2D eigenvalue weighted by molar-refractivity contribution is 1.41. The normalized spacial score (nSPS) is 12.5. The smallest absolute Gasteiger partial charge is 0.100 e. The van der Waals surface area contributed by atoms with Crippen LogP contribution in [0.5, 0.6) is 0 Å². The molecule has 0 aromatic heterocycles. The highest BCUT2D eigenvalue weighted by molar-refractivity contribution is 9.12. The summed E-state index contributed by atoms with van der Waals surface area (Å²) in [7, 11) is 0. The maximum atomic E-state index is 8.63. The second-order valence-corrected chi connectivity index (χ2v) is 2.77. The van der Waals surface area contributed by atoms with Gasteiger partial charge in [-0.3, -0.25) is 0 Å². The fourth-order valence-corrected chi connectivity index (χ4v) is 0.838. The summed E-state index contributed by atoms with van der Waals surface area (Å²) in [6, 6.07) is 3.90. The molecule has 0 atom stereocenters. The summed E-state index contributed by atoms with van der Waals surface area (Å²) in [4.78, 5) is 0. The summed E-state index contributed by atoms with van der Waals surface area (Å²) in [6.45, 7) is 5.10. The van der Waals surface area contributed by atoms with E-state index in [0.717, 1.165) is 0 Å². The number of allylic oxidation sites excluding steroid dienone is 5. The minimum absolute atomic E-state index is 0.407. The quantitative estimate of drug-likeness (QED) is 0.533. The third-order valence-corrected chi connectivity index (χ3v) is 2.16. The molecule has 0 N–H and O–H groups in total. The lowest BCUT2D eigenvalue weighted by atomic mass is 10.2. The van der Waals surface area contributed by atoms with Crippen molar-refractivity contribution >= 4 is 15.9 Å². The Morgan fingerprint density at radius 2 is 2.00 bits per heavy atom. The lowest BCUT2D eigenvalue weighted by Crippen LogP contribution is -1.81. The Bertz CT molecular complexity index is 323. The van der Waals surface area contributed by atoms with Crippen LogP contribution in [0.2, 0.25) is 0 Å². The van der Waals surface area contributed by atoms with Gasteiger partial charge < -0.3 is 0 Å². The number of nitriles is 2. The fourth-order valence-electron chi connectivity index (χ4n) is 0.528. The zero-order valence-corrected chi connectivity index (χ0v) is 8.22. The Kier molecular flexibility index (Phi) is 4.76. The van der Waals surface area contributed by atoms with Gasteiger partial charge in [-0.2, -0.15) is 10.5 Å². The first kappa shape index (κ1) is 10.7. The van der Waals surface area contributed by atoms with Crippen LogP contribution in [0.4, 0.5) is 0 Å². The Balaban J connectivity index is 5.08. The number of nitrogens with zero attached hydrogens (tertiary/aromatic N) is 2. The van der Waals surface area contributed by atoms with E-state index < -0.39 is 0 Å². The highest BCUT2D eigenvalue weighted by Gasteiger charge is 2.02. The van der Waals surface area contributed by atoms with Crippen LogP contribution in [-0.4, -0.2) is 0 Å². The summed E-state index contributed by atoms with van der Waals surface area (Å²) < 4.78 is 0.521. The predicted molar refractivity (Wildman–Crippen MR) is 51.1 cm³/mol. The summed E-state index contributed by atoms with van der Waals surface area (Å²) in [5.41, 5.74) is 0.883. The molecule has 0 saturated heterocycles. The van der Waals surface area contributed by atoms with E-state index in [-0.39, 0.29) is 0 Å². The fraction of sp³-hybridized carbons (Fsp3) is 0.111. The van der Waals surface area contributed by atoms with E-state index in [1.807, 2.05) is 12.1 Å². The molecule has 0 aromatic rings. The molecule has 3 heteroatoms. The van der Waals surface area contributed by atoms with Gasteiger partial charge in [-0.1, -0.05) is 12.7 Å². The molecule has 0 spiro atoms. The highest BCUT2D eigenvalue weighted by atomic mass is 79.9. The van der Waals surface area contributed by atoms with Gasteiger partial charge in [-0.05, 0) is 28.9 Å². The van der Waals surface area contributed by atoms with Gasteiger partial charge in [0.1, 0.15) is 6.07 Å². The molecule has 0 fully saturated rings. The topological polar surface area (TPSA) is 47.6 Å². The van der Waals surface area contributed by atoms with Gasteiger partial charge in [0.25, 0.3) is 0 Å². The molecule has 0 aliphatic carbocycles. The number of rotatable bonds is 2. The molecule has 12 heavy (non-hydrogen) atoms. The van der Waals surface area contributed by atoms with Gasteiger partial charge in [-0.25, -0.2) is 0 Å². The van der Waals surface area contributed by atoms with Crippen LogP contribution < -0.4 is 0 Å². The SMILES string of the molecule is C=C/C=C(C#N)\C(Br)=C(/C)C#N. The Morgan fingerprint density at radius 1 is 1.42 bits per heavy atom. The van der Waals surface area contributed by atoms with Crippen molar-refractivity contribution in [3.05, 3.63) is 34.4 Å². The zero-order valence-electron chi connectivity index (χ0n) is 6.63. The van der Waals surface area contributed by atoms with E-state index in [1.54, 1.807) is 13.0 Å². The molecule has 0 radical (unpaired) electrons. The van der Waals surface area contributed by atoms with Crippen molar-refractivity contribution in [1.29, 1.82) is 10.5 Å². The first-order chi connectivity index (χ1) is 5.67. The van der Waals surface area contributed by atoms with Crippen molar-refractivity contribution in [2.24, 2.45) is 0 Å². The Morgan fingerprint density at radius 3 is 2.33 bits per heavy atom. The standard InChI is InChI=1S/C9H7BrN2/c1-3-4-8(6-12)9(10)7(2)5-11/h3-4H,1H2,2H3/b8-4-,9-7-. The van der Waals surface area contributed by atoms with Crippen molar-refractivity contribution in [3.8, 4) is 12.1 Å². The molecule has 0 heterocycles. The molecular weight excluding hydrogens is 216 g/mol. The van der Waals surface area contributed by atoms with Crippen LogP contribution in [0.3, 0.4) is 0 Å². The minimum atomic E-state index is 0.407. The maximum Gasteiger partial charge on any atom is 0.100 e. The van der Waals surface area contributed by atoms with Crippen molar-refractivity contribution in [1.82, 2.24) is 0 Å². The van der Waals surface area contributed by atoms with Gasteiger partial charge in [0.05, 0.1) is 11.6 Å². The first-order valence-electron chi connectivity index (χ1n) is 3.17. The van der Waals surface area contributed by atoms with Crippen LogP contribution in [0, 0.1) is 22.7 Å². The molecule has 0 aromatic carbocycles. The molecule has 0 aliphatic rings. The average molecular weight is 223 g/mol. The van der Waals surface area contributed by atoms with Crippen molar-refractivity contribution < 1.29 is 0 Å². The monoisotopic (exact) mass is 222 g/mol. The van der Waals surface area contributed by atoms with Gasteiger partial charge in [-0.15, -0.1) is 0 Å². The van der Waals surface area contributed by atoms with Gasteiger partial charge in [0.2, 0.25) is 0 Å². The third-order valence-electron chi connectivity index (χ3n) is 1.14. The average Bonchev–Trinajstić information content (AvgIpc) is 2.11. The van der Waals surface area contributed by atoms with E-state index in [1.165, 1.54) is 6.08 Å². The summed E-state index contributed by atoms with van der Waals surface area (Å²) in [5, 5.41) is 17.1. The van der Waals surface area contributed by atoms with Crippen LogP contribution in [-0.2, 0) is 0 Å². The molecule has 0 saturated carbocycles. The summed E-state index contributed by atoms with van der Waals surface area (Å²) >= 11 is 3.15. The van der Waals surface area contributed by atoms with Crippen LogP contribution >= 0.6 is 15.9 Å². The number of hydrogen-bond donors (Lipinski definition) is 0. The first-order valence-corrected chi connectivity index (χ1v) is 3.96. The molecule has 60 valence electrons. The van der Waals surface area contributed by atoms with Crippen LogP contribution in [0.15, 0.2) is 34.4 Å². The van der Waals surface area contributed by atoms with E-state index in [9.17, 15) is 0 Å². The molecule has 0 unspecified atom stereocenters. The number of halogens is 1. The minimum Gasteiger partial charge on any atom is -0.193 e. The van der Waals surface area contributed by atoms with Gasteiger partial charge >= 0.3 is 0 Å². The largest absolute Gasteiger partial charge is 0.193 e. The Labute approximate surface area is 80.2 Å².